The van der Waals surface area contributed by atoms with Gasteiger partial charge >= 0.3 is 5.82 Å². The Morgan fingerprint density at radius 2 is 2.03 bits per heavy atom. The maximum Gasteiger partial charge on any atom is 0.390 e. The highest BCUT2D eigenvalue weighted by atomic mass is 32.1. The van der Waals surface area contributed by atoms with Crippen LogP contribution < -0.4 is 11.1 Å². The number of hydrogen-bond acceptors (Lipinski definition) is 7. The molecule has 1 atom stereocenters. The highest BCUT2D eigenvalue weighted by Gasteiger charge is 2.26. The number of nitrogens with zero attached hydrogens (tertiary/aromatic N) is 4. The van der Waals surface area contributed by atoms with Crippen molar-refractivity contribution in [2.75, 3.05) is 5.32 Å². The molecule has 0 aromatic carbocycles. The third-order valence-corrected chi connectivity index (χ3v) is 5.72. The lowest BCUT2D eigenvalue weighted by Gasteiger charge is -2.13. The summed E-state index contributed by atoms with van der Waals surface area (Å²) < 4.78 is 27.5. The lowest BCUT2D eigenvalue weighted by Crippen LogP contribution is -2.26. The first-order valence-corrected chi connectivity index (χ1v) is 9.83. The maximum absolute atomic E-state index is 13.1. The van der Waals surface area contributed by atoms with Crippen LogP contribution in [-0.2, 0) is 11.3 Å². The molecule has 0 aliphatic heterocycles. The number of alkyl halides is 2. The van der Waals surface area contributed by atoms with Crippen molar-refractivity contribution in [3.63, 3.8) is 0 Å². The minimum atomic E-state index is -2.79. The van der Waals surface area contributed by atoms with Gasteiger partial charge in [-0.3, -0.25) is 9.59 Å². The van der Waals surface area contributed by atoms with E-state index in [-0.39, 0.29) is 27.8 Å². The highest BCUT2D eigenvalue weighted by Crippen LogP contribution is 2.38. The molecule has 3 aromatic heterocycles. The van der Waals surface area contributed by atoms with Gasteiger partial charge in [-0.25, -0.2) is 13.8 Å². The SMILES string of the molecule is Cc1cc(C(F)F)nc2sc(C(N)=O)c(NC(=O)C(C)Cn3nc([N+](=O)[O-])cc3C)c12. The van der Waals surface area contributed by atoms with Gasteiger partial charge in [0.2, 0.25) is 5.91 Å². The van der Waals surface area contributed by atoms with Crippen molar-refractivity contribution in [1.82, 2.24) is 14.8 Å². The summed E-state index contributed by atoms with van der Waals surface area (Å²) in [6.45, 7) is 4.82. The minimum Gasteiger partial charge on any atom is -0.365 e. The molecular formula is C18H18F2N6O4S. The van der Waals surface area contributed by atoms with E-state index >= 15 is 0 Å². The van der Waals surface area contributed by atoms with E-state index in [1.165, 1.54) is 16.8 Å². The van der Waals surface area contributed by atoms with Crippen LogP contribution in [0, 0.1) is 29.9 Å². The predicted octanol–water partition coefficient (Wildman–Crippen LogP) is 3.33. The number of thiophene rings is 1. The minimum absolute atomic E-state index is 0.0107. The average Bonchev–Trinajstić information content (AvgIpc) is 3.23. The smallest absolute Gasteiger partial charge is 0.365 e. The van der Waals surface area contributed by atoms with Crippen LogP contribution in [0.5, 0.6) is 0 Å². The second kappa shape index (κ2) is 8.34. The molecule has 31 heavy (non-hydrogen) atoms. The van der Waals surface area contributed by atoms with Gasteiger partial charge in [0.25, 0.3) is 12.3 Å². The lowest BCUT2D eigenvalue weighted by molar-refractivity contribution is -0.389. The number of aryl methyl sites for hydroxylation is 2. The highest BCUT2D eigenvalue weighted by molar-refractivity contribution is 7.21. The molecule has 1 unspecified atom stereocenters. The summed E-state index contributed by atoms with van der Waals surface area (Å²) in [5.74, 6) is -2.36. The number of rotatable bonds is 7. The molecule has 0 saturated carbocycles. The van der Waals surface area contributed by atoms with Crippen LogP contribution in [0.25, 0.3) is 10.2 Å². The van der Waals surface area contributed by atoms with Gasteiger partial charge in [-0.2, -0.15) is 4.68 Å². The first-order chi connectivity index (χ1) is 14.5. The Morgan fingerprint density at radius 3 is 2.58 bits per heavy atom. The van der Waals surface area contributed by atoms with Crippen LogP contribution in [0.15, 0.2) is 12.1 Å². The number of halogens is 2. The van der Waals surface area contributed by atoms with E-state index in [0.29, 0.717) is 16.6 Å². The van der Waals surface area contributed by atoms with Crippen molar-refractivity contribution in [1.29, 1.82) is 0 Å². The molecule has 3 N–H and O–H groups in total. The summed E-state index contributed by atoms with van der Waals surface area (Å²) in [5.41, 5.74) is 6.00. The molecule has 0 fully saturated rings. The molecule has 3 aromatic rings. The van der Waals surface area contributed by atoms with Crippen molar-refractivity contribution in [3.8, 4) is 0 Å². The van der Waals surface area contributed by atoms with E-state index < -0.39 is 34.8 Å². The van der Waals surface area contributed by atoms with E-state index in [1.54, 1.807) is 20.8 Å². The molecule has 2 amide bonds. The number of carbonyl (C=O) groups is 2. The normalized spacial score (nSPS) is 12.3. The third-order valence-electron chi connectivity index (χ3n) is 4.62. The number of anilines is 1. The molecule has 3 rings (SSSR count). The second-order valence-corrected chi connectivity index (χ2v) is 7.99. The predicted molar refractivity (Wildman–Crippen MR) is 109 cm³/mol. The summed E-state index contributed by atoms with van der Waals surface area (Å²) in [4.78, 5) is 39.0. The molecule has 0 radical (unpaired) electrons. The fourth-order valence-electron chi connectivity index (χ4n) is 3.07. The Balaban J connectivity index is 1.93. The van der Waals surface area contributed by atoms with Gasteiger partial charge in [-0.15, -0.1) is 11.3 Å². The fraction of sp³-hybridized carbons (Fsp3) is 0.333. The van der Waals surface area contributed by atoms with Gasteiger partial charge in [0.1, 0.15) is 15.4 Å². The van der Waals surface area contributed by atoms with Crippen LogP contribution in [0.2, 0.25) is 0 Å². The van der Waals surface area contributed by atoms with Crippen LogP contribution in [0.4, 0.5) is 20.3 Å². The zero-order valence-corrected chi connectivity index (χ0v) is 17.5. The molecule has 13 heteroatoms. The molecule has 3 heterocycles. The summed E-state index contributed by atoms with van der Waals surface area (Å²) in [6.07, 6.45) is -2.79. The number of nitrogens with one attached hydrogen (secondary N) is 1. The number of pyridine rings is 1. The standard InChI is InChI=1S/C18H18F2N6O4S/c1-7-4-10(15(19)20)22-18-12(7)13(14(31-18)16(21)27)23-17(28)8(2)6-25-9(3)5-11(24-25)26(29)30/h4-5,8,15H,6H2,1-3H3,(H2,21,27)(H,23,28). The van der Waals surface area contributed by atoms with Gasteiger partial charge in [0.15, 0.2) is 0 Å². The number of aromatic nitrogens is 3. The van der Waals surface area contributed by atoms with Crippen LogP contribution in [0.3, 0.4) is 0 Å². The summed E-state index contributed by atoms with van der Waals surface area (Å²) >= 11 is 0.818. The van der Waals surface area contributed by atoms with Crippen molar-refractivity contribution in [2.24, 2.45) is 11.7 Å². The van der Waals surface area contributed by atoms with Crippen LogP contribution >= 0.6 is 11.3 Å². The Labute approximate surface area is 178 Å². The van der Waals surface area contributed by atoms with Crippen molar-refractivity contribution in [3.05, 3.63) is 44.1 Å². The maximum atomic E-state index is 13.1. The molecule has 0 bridgehead atoms. The van der Waals surface area contributed by atoms with Gasteiger partial charge < -0.3 is 21.2 Å². The molecule has 0 aliphatic rings. The Hall–Kier alpha value is -3.48. The molecular weight excluding hydrogens is 434 g/mol. The molecule has 0 spiro atoms. The van der Waals surface area contributed by atoms with Gasteiger partial charge in [0, 0.05) is 5.39 Å². The molecule has 0 saturated heterocycles. The second-order valence-electron chi connectivity index (χ2n) is 6.99. The van der Waals surface area contributed by atoms with E-state index in [2.05, 4.69) is 15.4 Å². The Morgan fingerprint density at radius 1 is 1.35 bits per heavy atom. The zero-order chi connectivity index (χ0) is 23.0. The van der Waals surface area contributed by atoms with E-state index in [9.17, 15) is 28.5 Å². The van der Waals surface area contributed by atoms with E-state index in [4.69, 9.17) is 5.73 Å². The first-order valence-electron chi connectivity index (χ1n) is 9.01. The number of carbonyl (C=O) groups excluding carboxylic acids is 2. The number of hydrogen-bond donors (Lipinski definition) is 2. The van der Waals surface area contributed by atoms with E-state index in [1.807, 2.05) is 0 Å². The number of nitrogens with two attached hydrogens (primary N) is 1. The van der Waals surface area contributed by atoms with Gasteiger partial charge in [-0.05, 0) is 30.4 Å². The number of fused-ring (bicyclic) bond motifs is 1. The molecule has 10 nitrogen and oxygen atoms in total. The van der Waals surface area contributed by atoms with E-state index in [0.717, 1.165) is 11.3 Å². The van der Waals surface area contributed by atoms with Crippen molar-refractivity contribution in [2.45, 2.75) is 33.7 Å². The average molecular weight is 452 g/mol. The van der Waals surface area contributed by atoms with Crippen molar-refractivity contribution < 1.29 is 23.3 Å². The molecule has 0 aliphatic carbocycles. The van der Waals surface area contributed by atoms with Crippen molar-refractivity contribution >= 4 is 44.9 Å². The summed E-state index contributed by atoms with van der Waals surface area (Å²) in [7, 11) is 0. The number of amides is 2. The van der Waals surface area contributed by atoms with Gasteiger partial charge in [-0.1, -0.05) is 6.92 Å². The third kappa shape index (κ3) is 4.35. The zero-order valence-electron chi connectivity index (χ0n) is 16.7. The molecule has 164 valence electrons. The topological polar surface area (TPSA) is 146 Å². The number of nitro groups is 1. The quantitative estimate of drug-likeness (QED) is 0.415. The number of primary amides is 1. The van der Waals surface area contributed by atoms with Crippen LogP contribution in [-0.4, -0.2) is 31.5 Å². The Kier molecular flexibility index (Phi) is 5.97. The monoisotopic (exact) mass is 452 g/mol. The Bertz CT molecular complexity index is 1210. The lowest BCUT2D eigenvalue weighted by atomic mass is 10.1. The van der Waals surface area contributed by atoms with Gasteiger partial charge in [0.05, 0.1) is 35.0 Å². The van der Waals surface area contributed by atoms with Crippen LogP contribution in [0.1, 0.15) is 40.0 Å². The fourth-order valence-corrected chi connectivity index (χ4v) is 4.13. The largest absolute Gasteiger partial charge is 0.390 e. The summed E-state index contributed by atoms with van der Waals surface area (Å²) in [6, 6.07) is 2.48. The first kappa shape index (κ1) is 22.2. The summed E-state index contributed by atoms with van der Waals surface area (Å²) in [5, 5.41) is 17.7.